The molecule has 1 aromatic carbocycles. The van der Waals surface area contributed by atoms with Gasteiger partial charge in [0.25, 0.3) is 0 Å². The number of ether oxygens (including phenoxy) is 1. The van der Waals surface area contributed by atoms with Crippen molar-refractivity contribution in [2.45, 2.75) is 45.3 Å². The normalized spacial score (nSPS) is 12.8. The summed E-state index contributed by atoms with van der Waals surface area (Å²) in [5.74, 6) is 0.170. The first-order valence-corrected chi connectivity index (χ1v) is 5.93. The van der Waals surface area contributed by atoms with Gasteiger partial charge >= 0.3 is 6.61 Å². The number of unbranched alkanes of at least 4 members (excludes halogenated alkanes) is 2. The fourth-order valence-electron chi connectivity index (χ4n) is 1.70. The van der Waals surface area contributed by atoms with E-state index in [-0.39, 0.29) is 11.8 Å². The number of benzene rings is 1. The molecule has 2 nitrogen and oxygen atoms in total. The summed E-state index contributed by atoms with van der Waals surface area (Å²) >= 11 is 0. The van der Waals surface area contributed by atoms with E-state index in [9.17, 15) is 8.78 Å². The van der Waals surface area contributed by atoms with Crippen LogP contribution in [0.2, 0.25) is 0 Å². The largest absolute Gasteiger partial charge is 0.435 e. The van der Waals surface area contributed by atoms with Crippen LogP contribution in [0.1, 0.15) is 44.2 Å². The Morgan fingerprint density at radius 1 is 1.29 bits per heavy atom. The highest BCUT2D eigenvalue weighted by atomic mass is 19.3. The van der Waals surface area contributed by atoms with Gasteiger partial charge in [0.1, 0.15) is 5.75 Å². The van der Waals surface area contributed by atoms with Crippen molar-refractivity contribution in [2.75, 3.05) is 0 Å². The first kappa shape index (κ1) is 13.9. The Morgan fingerprint density at radius 2 is 2.06 bits per heavy atom. The molecule has 0 aliphatic rings. The van der Waals surface area contributed by atoms with E-state index in [1.165, 1.54) is 6.07 Å². The van der Waals surface area contributed by atoms with Crippen LogP contribution in [0.25, 0.3) is 0 Å². The summed E-state index contributed by atoms with van der Waals surface area (Å²) in [6.45, 7) is -0.663. The lowest BCUT2D eigenvalue weighted by Gasteiger charge is -2.13. The third-order valence-electron chi connectivity index (χ3n) is 2.63. The lowest BCUT2D eigenvalue weighted by atomic mass is 10.0. The minimum atomic E-state index is -2.79. The van der Waals surface area contributed by atoms with Gasteiger partial charge in [-0.25, -0.2) is 0 Å². The van der Waals surface area contributed by atoms with Gasteiger partial charge in [-0.05, 0) is 24.1 Å². The summed E-state index contributed by atoms with van der Waals surface area (Å²) in [6.07, 6.45) is 4.20. The minimum absolute atomic E-state index is 0.109. The fourth-order valence-corrected chi connectivity index (χ4v) is 1.70. The average Bonchev–Trinajstić information content (AvgIpc) is 2.28. The number of rotatable bonds is 7. The molecule has 17 heavy (non-hydrogen) atoms. The Kier molecular flexibility index (Phi) is 5.91. The van der Waals surface area contributed by atoms with Crippen LogP contribution in [0.4, 0.5) is 8.78 Å². The molecule has 1 aromatic rings. The topological polar surface area (TPSA) is 35.2 Å². The Bertz CT molecular complexity index is 331. The standard InChI is InChI=1S/C13H19F2NO/c1-2-3-4-8-12(16)10-6-5-7-11(9-10)17-13(14)15/h5-7,9,12-13H,2-4,8,16H2,1H3. The number of hydrogen-bond acceptors (Lipinski definition) is 2. The molecule has 0 aliphatic heterocycles. The van der Waals surface area contributed by atoms with Gasteiger partial charge < -0.3 is 10.5 Å². The Hall–Kier alpha value is -1.16. The molecule has 1 atom stereocenters. The molecule has 4 heteroatoms. The van der Waals surface area contributed by atoms with Gasteiger partial charge in [0.05, 0.1) is 0 Å². The van der Waals surface area contributed by atoms with E-state index < -0.39 is 6.61 Å². The number of nitrogens with two attached hydrogens (primary N) is 1. The van der Waals surface area contributed by atoms with Gasteiger partial charge in [0, 0.05) is 6.04 Å². The van der Waals surface area contributed by atoms with Crippen molar-refractivity contribution >= 4 is 0 Å². The Balaban J connectivity index is 2.57. The van der Waals surface area contributed by atoms with Crippen molar-refractivity contribution in [1.29, 1.82) is 0 Å². The van der Waals surface area contributed by atoms with Crippen molar-refractivity contribution in [3.05, 3.63) is 29.8 Å². The molecule has 0 saturated heterocycles. The first-order valence-electron chi connectivity index (χ1n) is 5.93. The molecule has 0 radical (unpaired) electrons. The first-order chi connectivity index (χ1) is 8.13. The van der Waals surface area contributed by atoms with Crippen molar-refractivity contribution < 1.29 is 13.5 Å². The van der Waals surface area contributed by atoms with Gasteiger partial charge in [0.2, 0.25) is 0 Å². The Morgan fingerprint density at radius 3 is 2.71 bits per heavy atom. The van der Waals surface area contributed by atoms with Crippen molar-refractivity contribution in [3.63, 3.8) is 0 Å². The van der Waals surface area contributed by atoms with Gasteiger partial charge in [-0.2, -0.15) is 8.78 Å². The van der Waals surface area contributed by atoms with Crippen molar-refractivity contribution in [3.8, 4) is 5.75 Å². The molecule has 0 aromatic heterocycles. The van der Waals surface area contributed by atoms with E-state index >= 15 is 0 Å². The monoisotopic (exact) mass is 243 g/mol. The maximum Gasteiger partial charge on any atom is 0.387 e. The van der Waals surface area contributed by atoms with Crippen LogP contribution in [-0.4, -0.2) is 6.61 Å². The molecule has 0 bridgehead atoms. The number of hydrogen-bond donors (Lipinski definition) is 1. The zero-order valence-electron chi connectivity index (χ0n) is 10.0. The van der Waals surface area contributed by atoms with Crippen molar-refractivity contribution in [2.24, 2.45) is 5.73 Å². The van der Waals surface area contributed by atoms with Crippen LogP contribution in [0.3, 0.4) is 0 Å². The molecule has 1 rings (SSSR count). The lowest BCUT2D eigenvalue weighted by Crippen LogP contribution is -2.10. The molecule has 0 aliphatic carbocycles. The van der Waals surface area contributed by atoms with E-state index in [2.05, 4.69) is 11.7 Å². The summed E-state index contributed by atoms with van der Waals surface area (Å²) in [6, 6.07) is 6.52. The molecular formula is C13H19F2NO. The second-order valence-corrected chi connectivity index (χ2v) is 4.05. The third-order valence-corrected chi connectivity index (χ3v) is 2.63. The molecular weight excluding hydrogens is 224 g/mol. The molecule has 0 heterocycles. The van der Waals surface area contributed by atoms with Crippen molar-refractivity contribution in [1.82, 2.24) is 0 Å². The maximum atomic E-state index is 12.0. The third kappa shape index (κ3) is 5.13. The van der Waals surface area contributed by atoms with E-state index in [1.807, 2.05) is 6.07 Å². The number of alkyl halides is 2. The van der Waals surface area contributed by atoms with E-state index in [1.54, 1.807) is 12.1 Å². The van der Waals surface area contributed by atoms with E-state index in [0.717, 1.165) is 31.2 Å². The van der Waals surface area contributed by atoms with Crippen LogP contribution in [0, 0.1) is 0 Å². The predicted octanol–water partition coefficient (Wildman–Crippen LogP) is 3.87. The maximum absolute atomic E-state index is 12.0. The minimum Gasteiger partial charge on any atom is -0.435 e. The molecule has 0 amide bonds. The molecule has 0 fully saturated rings. The van der Waals surface area contributed by atoms with Gasteiger partial charge in [-0.15, -0.1) is 0 Å². The van der Waals surface area contributed by atoms with Gasteiger partial charge in [0.15, 0.2) is 0 Å². The average molecular weight is 243 g/mol. The lowest BCUT2D eigenvalue weighted by molar-refractivity contribution is -0.0499. The van der Waals surface area contributed by atoms with Crippen LogP contribution < -0.4 is 10.5 Å². The van der Waals surface area contributed by atoms with Gasteiger partial charge in [-0.1, -0.05) is 38.3 Å². The van der Waals surface area contributed by atoms with Crippen LogP contribution in [0.5, 0.6) is 5.75 Å². The highest BCUT2D eigenvalue weighted by Crippen LogP contribution is 2.22. The molecule has 96 valence electrons. The summed E-state index contributed by atoms with van der Waals surface area (Å²) in [4.78, 5) is 0. The van der Waals surface area contributed by atoms with Crippen LogP contribution >= 0.6 is 0 Å². The summed E-state index contributed by atoms with van der Waals surface area (Å²) in [5.41, 5.74) is 6.84. The smallest absolute Gasteiger partial charge is 0.387 e. The summed E-state index contributed by atoms with van der Waals surface area (Å²) < 4.78 is 28.4. The number of halogens is 2. The summed E-state index contributed by atoms with van der Waals surface area (Å²) in [5, 5.41) is 0. The predicted molar refractivity (Wildman–Crippen MR) is 64.1 cm³/mol. The fraction of sp³-hybridized carbons (Fsp3) is 0.538. The molecule has 1 unspecified atom stereocenters. The Labute approximate surface area is 101 Å². The highest BCUT2D eigenvalue weighted by molar-refractivity contribution is 5.30. The molecule has 2 N–H and O–H groups in total. The van der Waals surface area contributed by atoms with E-state index in [0.29, 0.717) is 0 Å². The zero-order valence-corrected chi connectivity index (χ0v) is 10.0. The highest BCUT2D eigenvalue weighted by Gasteiger charge is 2.09. The van der Waals surface area contributed by atoms with Crippen LogP contribution in [-0.2, 0) is 0 Å². The SMILES string of the molecule is CCCCCC(N)c1cccc(OC(F)F)c1. The van der Waals surface area contributed by atoms with E-state index in [4.69, 9.17) is 5.73 Å². The molecule has 0 spiro atoms. The quantitative estimate of drug-likeness (QED) is 0.738. The second kappa shape index (κ2) is 7.22. The zero-order chi connectivity index (χ0) is 12.7. The molecule has 0 saturated carbocycles. The summed E-state index contributed by atoms with van der Waals surface area (Å²) in [7, 11) is 0. The second-order valence-electron chi connectivity index (χ2n) is 4.05. The van der Waals surface area contributed by atoms with Gasteiger partial charge in [-0.3, -0.25) is 0 Å². The van der Waals surface area contributed by atoms with Crippen LogP contribution in [0.15, 0.2) is 24.3 Å².